The van der Waals surface area contributed by atoms with Crippen LogP contribution in [0.1, 0.15) is 29.9 Å². The summed E-state index contributed by atoms with van der Waals surface area (Å²) in [6.45, 7) is 5.15. The largest absolute Gasteiger partial charge is 0.348 e. The van der Waals surface area contributed by atoms with E-state index in [1.807, 2.05) is 37.5 Å². The van der Waals surface area contributed by atoms with Gasteiger partial charge in [-0.2, -0.15) is 0 Å². The molecule has 0 atom stereocenters. The molecule has 3 aromatic heterocycles. The molecular weight excluding hydrogens is 338 g/mol. The van der Waals surface area contributed by atoms with Gasteiger partial charge in [-0.1, -0.05) is 6.07 Å². The van der Waals surface area contributed by atoms with Gasteiger partial charge >= 0.3 is 0 Å². The van der Waals surface area contributed by atoms with Crippen molar-refractivity contribution in [1.29, 1.82) is 0 Å². The summed E-state index contributed by atoms with van der Waals surface area (Å²) in [5, 5.41) is 3.30. The highest BCUT2D eigenvalue weighted by Gasteiger charge is 2.20. The lowest BCUT2D eigenvalue weighted by molar-refractivity contribution is 0.173. The number of pyridine rings is 1. The third-order valence-electron chi connectivity index (χ3n) is 5.11. The molecule has 0 unspecified atom stereocenters. The normalized spacial score (nSPS) is 15.7. The van der Waals surface area contributed by atoms with E-state index in [0.29, 0.717) is 5.92 Å². The van der Waals surface area contributed by atoms with Gasteiger partial charge in [0, 0.05) is 30.4 Å². The minimum Gasteiger partial charge on any atom is -0.348 e. The third kappa shape index (κ3) is 4.68. The predicted octanol–water partition coefficient (Wildman–Crippen LogP) is 3.10. The van der Waals surface area contributed by atoms with E-state index in [4.69, 9.17) is 0 Å². The van der Waals surface area contributed by atoms with Crippen LogP contribution in [-0.4, -0.2) is 42.9 Å². The van der Waals surface area contributed by atoms with Gasteiger partial charge in [-0.25, -0.2) is 19.9 Å². The van der Waals surface area contributed by atoms with E-state index in [-0.39, 0.29) is 0 Å². The maximum absolute atomic E-state index is 4.48. The molecule has 4 heterocycles. The first-order valence-corrected chi connectivity index (χ1v) is 9.46. The van der Waals surface area contributed by atoms with Crippen LogP contribution >= 0.6 is 0 Å². The fraction of sp³-hybridized carbons (Fsp3) is 0.400. The van der Waals surface area contributed by atoms with Gasteiger partial charge in [0.1, 0.15) is 23.8 Å². The Bertz CT molecular complexity index is 854. The Hall–Kier alpha value is -2.80. The van der Waals surface area contributed by atoms with Crippen LogP contribution in [0.2, 0.25) is 0 Å². The summed E-state index contributed by atoms with van der Waals surface area (Å²) in [6, 6.07) is 6.02. The Morgan fingerprint density at radius 3 is 2.81 bits per heavy atom. The number of aryl methyl sites for hydroxylation is 1. The number of piperidine rings is 1. The molecule has 4 rings (SSSR count). The van der Waals surface area contributed by atoms with E-state index in [9.17, 15) is 0 Å². The first-order chi connectivity index (χ1) is 13.3. The Labute approximate surface area is 159 Å². The molecule has 1 fully saturated rings. The van der Waals surface area contributed by atoms with E-state index in [1.165, 1.54) is 12.8 Å². The summed E-state index contributed by atoms with van der Waals surface area (Å²) < 4.78 is 0. The van der Waals surface area contributed by atoms with Crippen LogP contribution in [0.25, 0.3) is 0 Å². The van der Waals surface area contributed by atoms with Crippen molar-refractivity contribution in [3.05, 3.63) is 60.2 Å². The van der Waals surface area contributed by atoms with Crippen molar-refractivity contribution in [2.24, 2.45) is 5.92 Å². The average molecular weight is 363 g/mol. The topological polar surface area (TPSA) is 82.6 Å². The van der Waals surface area contributed by atoms with Crippen molar-refractivity contribution in [3.63, 3.8) is 0 Å². The molecule has 1 saturated heterocycles. The number of hydrogen-bond acceptors (Lipinski definition) is 6. The van der Waals surface area contributed by atoms with Crippen LogP contribution in [0.4, 0.5) is 11.6 Å². The molecule has 2 N–H and O–H groups in total. The second-order valence-corrected chi connectivity index (χ2v) is 7.15. The minimum absolute atomic E-state index is 0.664. The second kappa shape index (κ2) is 8.26. The number of hydrogen-bond donors (Lipinski definition) is 2. The quantitative estimate of drug-likeness (QED) is 0.700. The number of H-pyrrole nitrogens is 1. The van der Waals surface area contributed by atoms with Gasteiger partial charge < -0.3 is 10.3 Å². The molecule has 0 bridgehead atoms. The smallest absolute Gasteiger partial charge is 0.135 e. The first kappa shape index (κ1) is 17.6. The number of rotatable bonds is 6. The fourth-order valence-corrected chi connectivity index (χ4v) is 3.56. The number of imidazole rings is 1. The molecule has 1 aliphatic heterocycles. The van der Waals surface area contributed by atoms with Crippen molar-refractivity contribution in [2.45, 2.75) is 32.7 Å². The molecule has 0 aliphatic carbocycles. The highest BCUT2D eigenvalue weighted by atomic mass is 15.1. The molecule has 0 radical (unpaired) electrons. The molecular formula is C20H25N7. The highest BCUT2D eigenvalue weighted by molar-refractivity contribution is 5.55. The second-order valence-electron chi connectivity index (χ2n) is 7.15. The Morgan fingerprint density at radius 2 is 2.04 bits per heavy atom. The van der Waals surface area contributed by atoms with E-state index in [2.05, 4.69) is 35.1 Å². The van der Waals surface area contributed by atoms with Gasteiger partial charge in [0.2, 0.25) is 0 Å². The Balaban J connectivity index is 1.32. The fourth-order valence-electron chi connectivity index (χ4n) is 3.56. The van der Waals surface area contributed by atoms with Crippen LogP contribution < -0.4 is 5.32 Å². The van der Waals surface area contributed by atoms with Crippen LogP contribution in [0.15, 0.2) is 43.1 Å². The van der Waals surface area contributed by atoms with E-state index < -0.39 is 0 Å². The van der Waals surface area contributed by atoms with Crippen LogP contribution in [0.5, 0.6) is 0 Å². The van der Waals surface area contributed by atoms with E-state index >= 15 is 0 Å². The molecule has 3 aromatic rings. The van der Waals surface area contributed by atoms with Crippen LogP contribution in [0.3, 0.4) is 0 Å². The molecule has 7 heteroatoms. The molecule has 0 spiro atoms. The molecule has 0 saturated carbocycles. The third-order valence-corrected chi connectivity index (χ3v) is 5.11. The van der Waals surface area contributed by atoms with Crippen molar-refractivity contribution in [1.82, 2.24) is 29.8 Å². The summed E-state index contributed by atoms with van der Waals surface area (Å²) >= 11 is 0. The Kier molecular flexibility index (Phi) is 5.39. The highest BCUT2D eigenvalue weighted by Crippen LogP contribution is 2.23. The number of nitrogens with one attached hydrogen (secondary N) is 2. The van der Waals surface area contributed by atoms with Crippen molar-refractivity contribution >= 4 is 11.6 Å². The first-order valence-electron chi connectivity index (χ1n) is 9.46. The molecule has 27 heavy (non-hydrogen) atoms. The van der Waals surface area contributed by atoms with Gasteiger partial charge in [0.25, 0.3) is 0 Å². The summed E-state index contributed by atoms with van der Waals surface area (Å²) in [4.78, 5) is 23.2. The van der Waals surface area contributed by atoms with Crippen LogP contribution in [-0.2, 0) is 13.0 Å². The molecule has 7 nitrogen and oxygen atoms in total. The van der Waals surface area contributed by atoms with Crippen LogP contribution in [0, 0.1) is 12.8 Å². The van der Waals surface area contributed by atoms with E-state index in [1.54, 1.807) is 12.5 Å². The maximum Gasteiger partial charge on any atom is 0.135 e. The van der Waals surface area contributed by atoms with Gasteiger partial charge in [-0.15, -0.1) is 0 Å². The molecule has 140 valence electrons. The molecule has 0 amide bonds. The zero-order valence-corrected chi connectivity index (χ0v) is 15.6. The lowest BCUT2D eigenvalue weighted by Gasteiger charge is -2.31. The number of aromatic nitrogens is 5. The number of likely N-dealkylation sites (tertiary alicyclic amines) is 1. The van der Waals surface area contributed by atoms with E-state index in [0.717, 1.165) is 54.8 Å². The standard InChI is InChI=1S/C20H25N7/c1-15-3-2-6-23-20(15)26-18-12-17(24-14-25-18)11-16-4-9-27(10-5-16)13-19-21-7-8-22-19/h2-3,6-8,12,14,16H,4-5,9-11,13H2,1H3,(H,21,22)(H,23,24,25,26). The number of aromatic amines is 1. The Morgan fingerprint density at radius 1 is 1.15 bits per heavy atom. The van der Waals surface area contributed by atoms with Gasteiger partial charge in [0.15, 0.2) is 0 Å². The molecule has 1 aliphatic rings. The van der Waals surface area contributed by atoms with Crippen molar-refractivity contribution < 1.29 is 0 Å². The maximum atomic E-state index is 4.48. The zero-order valence-electron chi connectivity index (χ0n) is 15.6. The average Bonchev–Trinajstić information content (AvgIpc) is 3.19. The van der Waals surface area contributed by atoms with Gasteiger partial charge in [-0.3, -0.25) is 4.90 Å². The lowest BCUT2D eigenvalue weighted by atomic mass is 9.92. The SMILES string of the molecule is Cc1cccnc1Nc1cc(CC2CCN(Cc3ncc[nH]3)CC2)ncn1. The molecule has 0 aromatic carbocycles. The van der Waals surface area contributed by atoms with Crippen molar-refractivity contribution in [2.75, 3.05) is 18.4 Å². The zero-order chi connectivity index (χ0) is 18.5. The predicted molar refractivity (Wildman–Crippen MR) is 105 cm³/mol. The van der Waals surface area contributed by atoms with Crippen molar-refractivity contribution in [3.8, 4) is 0 Å². The summed E-state index contributed by atoms with van der Waals surface area (Å²) in [7, 11) is 0. The summed E-state index contributed by atoms with van der Waals surface area (Å²) in [5.74, 6) is 3.35. The minimum atomic E-state index is 0.664. The van der Waals surface area contributed by atoms with Gasteiger partial charge in [-0.05, 0) is 56.8 Å². The summed E-state index contributed by atoms with van der Waals surface area (Å²) in [5.41, 5.74) is 2.19. The monoisotopic (exact) mass is 363 g/mol. The number of anilines is 2. The number of nitrogens with zero attached hydrogens (tertiary/aromatic N) is 5. The lowest BCUT2D eigenvalue weighted by Crippen LogP contribution is -2.34. The summed E-state index contributed by atoms with van der Waals surface area (Å²) in [6.07, 6.45) is 10.5. The van der Waals surface area contributed by atoms with Gasteiger partial charge in [0.05, 0.1) is 6.54 Å².